The average Bonchev–Trinajstić information content (AvgIpc) is 2.70. The van der Waals surface area contributed by atoms with Crippen molar-refractivity contribution in [2.24, 2.45) is 5.92 Å². The largest absolute Gasteiger partial charge is 0.297 e. The zero-order valence-corrected chi connectivity index (χ0v) is 12.1. The number of hydrogen-bond acceptors (Lipinski definition) is 3. The first kappa shape index (κ1) is 12.1. The minimum atomic E-state index is 0.768. The lowest BCUT2D eigenvalue weighted by Crippen LogP contribution is -2.32. The van der Waals surface area contributed by atoms with Crippen molar-refractivity contribution in [2.45, 2.75) is 26.3 Å². The number of imidazole rings is 1. The van der Waals surface area contributed by atoms with E-state index in [2.05, 4.69) is 37.7 Å². The van der Waals surface area contributed by atoms with Crippen molar-refractivity contribution in [3.8, 4) is 0 Å². The molecule has 18 heavy (non-hydrogen) atoms. The summed E-state index contributed by atoms with van der Waals surface area (Å²) in [5, 5.41) is 0. The first-order chi connectivity index (χ1) is 8.74. The van der Waals surface area contributed by atoms with Crippen LogP contribution in [0.1, 0.15) is 25.5 Å². The predicted octanol–water partition coefficient (Wildman–Crippen LogP) is 2.72. The molecule has 5 heteroatoms. The van der Waals surface area contributed by atoms with Crippen molar-refractivity contribution < 1.29 is 0 Å². The average molecular weight is 309 g/mol. The number of halogens is 1. The molecule has 0 N–H and O–H groups in total. The predicted molar refractivity (Wildman–Crippen MR) is 74.4 cm³/mol. The molecule has 0 atom stereocenters. The normalized spacial score (nSPS) is 18.6. The van der Waals surface area contributed by atoms with Crippen LogP contribution in [-0.4, -0.2) is 32.4 Å². The lowest BCUT2D eigenvalue weighted by molar-refractivity contribution is 0.183. The first-order valence-corrected chi connectivity index (χ1v) is 7.23. The highest BCUT2D eigenvalue weighted by Gasteiger charge is 2.18. The molecule has 3 rings (SSSR count). The monoisotopic (exact) mass is 308 g/mol. The van der Waals surface area contributed by atoms with Gasteiger partial charge in [0.2, 0.25) is 5.78 Å². The highest BCUT2D eigenvalue weighted by molar-refractivity contribution is 9.10. The Kier molecular flexibility index (Phi) is 3.35. The summed E-state index contributed by atoms with van der Waals surface area (Å²) in [6.45, 7) is 5.60. The molecular weight excluding hydrogens is 292 g/mol. The summed E-state index contributed by atoms with van der Waals surface area (Å²) in [6.07, 6.45) is 6.36. The Bertz CT molecular complexity index is 543. The van der Waals surface area contributed by atoms with Gasteiger partial charge in [0.05, 0.1) is 5.69 Å². The number of likely N-dealkylation sites (tertiary alicyclic amines) is 1. The lowest BCUT2D eigenvalue weighted by atomic mass is 9.99. The Morgan fingerprint density at radius 1 is 1.39 bits per heavy atom. The van der Waals surface area contributed by atoms with E-state index < -0.39 is 0 Å². The second-order valence-electron chi connectivity index (χ2n) is 5.10. The number of piperidine rings is 1. The number of hydrogen-bond donors (Lipinski definition) is 0. The third kappa shape index (κ3) is 2.29. The molecule has 0 spiro atoms. The van der Waals surface area contributed by atoms with Gasteiger partial charge in [0.15, 0.2) is 0 Å². The van der Waals surface area contributed by atoms with Crippen LogP contribution < -0.4 is 0 Å². The second kappa shape index (κ2) is 4.97. The number of rotatable bonds is 2. The molecule has 1 saturated heterocycles. The highest BCUT2D eigenvalue weighted by atomic mass is 79.9. The Morgan fingerprint density at radius 3 is 2.89 bits per heavy atom. The van der Waals surface area contributed by atoms with Gasteiger partial charge in [0, 0.05) is 18.9 Å². The van der Waals surface area contributed by atoms with E-state index in [-0.39, 0.29) is 0 Å². The van der Waals surface area contributed by atoms with Crippen LogP contribution >= 0.6 is 15.9 Å². The molecule has 0 aromatic carbocycles. The van der Waals surface area contributed by atoms with Gasteiger partial charge in [-0.25, -0.2) is 9.97 Å². The van der Waals surface area contributed by atoms with Crippen molar-refractivity contribution in [3.63, 3.8) is 0 Å². The Balaban J connectivity index is 1.80. The van der Waals surface area contributed by atoms with E-state index in [0.29, 0.717) is 0 Å². The highest BCUT2D eigenvalue weighted by Crippen LogP contribution is 2.22. The van der Waals surface area contributed by atoms with Crippen molar-refractivity contribution in [3.05, 3.63) is 28.8 Å². The van der Waals surface area contributed by atoms with Gasteiger partial charge in [-0.15, -0.1) is 0 Å². The Morgan fingerprint density at radius 2 is 2.17 bits per heavy atom. The van der Waals surface area contributed by atoms with E-state index in [1.54, 1.807) is 6.20 Å². The van der Waals surface area contributed by atoms with Gasteiger partial charge in [0.25, 0.3) is 0 Å². The van der Waals surface area contributed by atoms with Crippen LogP contribution in [0, 0.1) is 5.92 Å². The van der Waals surface area contributed by atoms with Crippen LogP contribution in [0.4, 0.5) is 0 Å². The van der Waals surface area contributed by atoms with Crippen molar-refractivity contribution >= 4 is 21.7 Å². The SMILES string of the molecule is CC1CCN(Cc2nc3ncccn3c2Br)CC1. The quantitative estimate of drug-likeness (QED) is 0.855. The maximum Gasteiger partial charge on any atom is 0.234 e. The minimum Gasteiger partial charge on any atom is -0.297 e. The molecule has 0 amide bonds. The van der Waals surface area contributed by atoms with Gasteiger partial charge >= 0.3 is 0 Å². The van der Waals surface area contributed by atoms with Gasteiger partial charge in [-0.05, 0) is 53.8 Å². The van der Waals surface area contributed by atoms with Crippen LogP contribution in [0.5, 0.6) is 0 Å². The summed E-state index contributed by atoms with van der Waals surface area (Å²) in [5.74, 6) is 1.64. The maximum absolute atomic E-state index is 4.59. The van der Waals surface area contributed by atoms with E-state index in [0.717, 1.165) is 28.5 Å². The third-order valence-electron chi connectivity index (χ3n) is 3.66. The molecule has 0 aliphatic carbocycles. The van der Waals surface area contributed by atoms with Crippen molar-refractivity contribution in [1.82, 2.24) is 19.3 Å². The fourth-order valence-electron chi connectivity index (χ4n) is 2.44. The molecule has 2 aromatic heterocycles. The summed E-state index contributed by atoms with van der Waals surface area (Å²) in [6, 6.07) is 1.92. The van der Waals surface area contributed by atoms with Gasteiger partial charge in [0.1, 0.15) is 4.60 Å². The van der Waals surface area contributed by atoms with Gasteiger partial charge in [-0.2, -0.15) is 0 Å². The summed E-state index contributed by atoms with van der Waals surface area (Å²) in [5.41, 5.74) is 1.09. The van der Waals surface area contributed by atoms with Crippen LogP contribution in [0.15, 0.2) is 23.1 Å². The summed E-state index contributed by atoms with van der Waals surface area (Å²) >= 11 is 3.62. The zero-order valence-electron chi connectivity index (χ0n) is 10.5. The van der Waals surface area contributed by atoms with Crippen molar-refractivity contribution in [1.29, 1.82) is 0 Å². The van der Waals surface area contributed by atoms with Crippen LogP contribution in [-0.2, 0) is 6.54 Å². The molecule has 96 valence electrons. The minimum absolute atomic E-state index is 0.768. The smallest absolute Gasteiger partial charge is 0.234 e. The molecule has 2 aromatic rings. The molecule has 0 bridgehead atoms. The molecule has 1 aliphatic heterocycles. The molecule has 0 saturated carbocycles. The van der Waals surface area contributed by atoms with E-state index >= 15 is 0 Å². The molecule has 1 aliphatic rings. The number of nitrogens with zero attached hydrogens (tertiary/aromatic N) is 4. The maximum atomic E-state index is 4.59. The second-order valence-corrected chi connectivity index (χ2v) is 5.85. The molecular formula is C13H17BrN4. The number of fused-ring (bicyclic) bond motifs is 1. The Labute approximate surface area is 115 Å². The summed E-state index contributed by atoms with van der Waals surface area (Å²) in [4.78, 5) is 11.3. The van der Waals surface area contributed by atoms with Gasteiger partial charge in [-0.1, -0.05) is 6.92 Å². The van der Waals surface area contributed by atoms with E-state index in [1.165, 1.54) is 25.9 Å². The van der Waals surface area contributed by atoms with Crippen LogP contribution in [0.3, 0.4) is 0 Å². The summed E-state index contributed by atoms with van der Waals surface area (Å²) in [7, 11) is 0. The molecule has 1 fully saturated rings. The lowest BCUT2D eigenvalue weighted by Gasteiger charge is -2.29. The van der Waals surface area contributed by atoms with Gasteiger partial charge < -0.3 is 0 Å². The summed E-state index contributed by atoms with van der Waals surface area (Å²) < 4.78 is 3.02. The zero-order chi connectivity index (χ0) is 12.5. The van der Waals surface area contributed by atoms with Crippen molar-refractivity contribution in [2.75, 3.05) is 13.1 Å². The third-order valence-corrected chi connectivity index (χ3v) is 4.50. The molecule has 0 radical (unpaired) electrons. The number of aromatic nitrogens is 3. The van der Waals surface area contributed by atoms with E-state index in [1.807, 2.05) is 16.7 Å². The molecule has 0 unspecified atom stereocenters. The Hall–Kier alpha value is -0.940. The topological polar surface area (TPSA) is 33.4 Å². The fraction of sp³-hybridized carbons (Fsp3) is 0.538. The molecule has 4 nitrogen and oxygen atoms in total. The van der Waals surface area contributed by atoms with Crippen LogP contribution in [0.2, 0.25) is 0 Å². The van der Waals surface area contributed by atoms with E-state index in [9.17, 15) is 0 Å². The van der Waals surface area contributed by atoms with E-state index in [4.69, 9.17) is 0 Å². The fourth-order valence-corrected chi connectivity index (χ4v) is 2.93. The molecule has 3 heterocycles. The standard InChI is InChI=1S/C13H17BrN4/c1-10-3-7-17(8-4-10)9-11-12(14)18-6-2-5-15-13(18)16-11/h2,5-6,10H,3-4,7-9H2,1H3. The van der Waals surface area contributed by atoms with Gasteiger partial charge in [-0.3, -0.25) is 9.30 Å². The first-order valence-electron chi connectivity index (χ1n) is 6.44. The van der Waals surface area contributed by atoms with Crippen LogP contribution in [0.25, 0.3) is 5.78 Å².